The predicted octanol–water partition coefficient (Wildman–Crippen LogP) is 4.92. The zero-order valence-electron chi connectivity index (χ0n) is 18.3. The van der Waals surface area contributed by atoms with E-state index < -0.39 is 0 Å². The maximum Gasteiger partial charge on any atom is 0.228 e. The third-order valence-electron chi connectivity index (χ3n) is 5.70. The second-order valence-corrected chi connectivity index (χ2v) is 9.27. The first kappa shape index (κ1) is 22.3. The van der Waals surface area contributed by atoms with Crippen molar-refractivity contribution in [3.05, 3.63) is 76.0 Å². The smallest absolute Gasteiger partial charge is 0.228 e. The molecule has 2 aromatic carbocycles. The van der Waals surface area contributed by atoms with Gasteiger partial charge in [0.2, 0.25) is 5.91 Å². The molecule has 1 saturated heterocycles. The first-order valence-corrected chi connectivity index (χ1v) is 11.9. The number of carbonyl (C=O) groups excluding carboxylic acids is 1. The van der Waals surface area contributed by atoms with E-state index >= 15 is 0 Å². The average molecular weight is 445 g/mol. The summed E-state index contributed by atoms with van der Waals surface area (Å²) in [5.74, 6) is 5.72. The normalized spacial score (nSPS) is 16.2. The molecule has 1 aliphatic heterocycles. The Hall–Kier alpha value is -2.91. The Kier molecular flexibility index (Phi) is 7.39. The minimum atomic E-state index is -0.123. The number of nitrogens with zero attached hydrogens (tertiary/aromatic N) is 1. The summed E-state index contributed by atoms with van der Waals surface area (Å²) < 4.78 is 0. The van der Waals surface area contributed by atoms with Crippen molar-refractivity contribution >= 4 is 22.9 Å². The van der Waals surface area contributed by atoms with Gasteiger partial charge in [0.15, 0.2) is 0 Å². The van der Waals surface area contributed by atoms with Crippen molar-refractivity contribution in [1.82, 2.24) is 4.90 Å². The number of benzene rings is 2. The van der Waals surface area contributed by atoms with Crippen LogP contribution >= 0.6 is 11.3 Å². The fourth-order valence-corrected chi connectivity index (χ4v) is 5.01. The van der Waals surface area contributed by atoms with E-state index in [4.69, 9.17) is 5.11 Å². The van der Waals surface area contributed by atoms with Gasteiger partial charge in [-0.15, -0.1) is 11.3 Å². The molecule has 0 bridgehead atoms. The van der Waals surface area contributed by atoms with Crippen LogP contribution in [0.5, 0.6) is 0 Å². The molecule has 3 aromatic rings. The van der Waals surface area contributed by atoms with E-state index in [0.717, 1.165) is 54.9 Å². The molecule has 2 heterocycles. The molecule has 4 nitrogen and oxygen atoms in total. The summed E-state index contributed by atoms with van der Waals surface area (Å²) in [7, 11) is 0. The van der Waals surface area contributed by atoms with Crippen molar-refractivity contribution < 1.29 is 9.90 Å². The third kappa shape index (κ3) is 5.86. The number of amides is 1. The number of aliphatic hydroxyl groups excluding tert-OH is 1. The molecule has 0 aliphatic carbocycles. The first-order valence-electron chi connectivity index (χ1n) is 11.0. The summed E-state index contributed by atoms with van der Waals surface area (Å²) in [5.41, 5.74) is 5.27. The Labute approximate surface area is 193 Å². The maximum absolute atomic E-state index is 13.0. The molecule has 1 aromatic heterocycles. The minimum Gasteiger partial charge on any atom is -0.384 e. The molecule has 0 spiro atoms. The van der Waals surface area contributed by atoms with Crippen LogP contribution in [-0.2, 0) is 11.3 Å². The Balaban J connectivity index is 1.37. The summed E-state index contributed by atoms with van der Waals surface area (Å²) in [6.45, 7) is 4.56. The Bertz CT molecular complexity index is 1140. The van der Waals surface area contributed by atoms with Crippen LogP contribution < -0.4 is 5.32 Å². The highest BCUT2D eigenvalue weighted by molar-refractivity contribution is 7.10. The van der Waals surface area contributed by atoms with Gasteiger partial charge in [-0.3, -0.25) is 9.69 Å². The molecular weight excluding hydrogens is 416 g/mol. The molecular formula is C27H28N2O2S. The van der Waals surface area contributed by atoms with Crippen molar-refractivity contribution in [2.24, 2.45) is 5.92 Å². The van der Waals surface area contributed by atoms with Gasteiger partial charge >= 0.3 is 0 Å². The van der Waals surface area contributed by atoms with Gasteiger partial charge in [-0.1, -0.05) is 53.8 Å². The zero-order chi connectivity index (χ0) is 22.3. The number of aryl methyl sites for hydroxylation is 1. The van der Waals surface area contributed by atoms with E-state index in [1.54, 1.807) is 11.3 Å². The number of aliphatic hydroxyl groups is 1. The van der Waals surface area contributed by atoms with Crippen LogP contribution in [0.25, 0.3) is 11.1 Å². The highest BCUT2D eigenvalue weighted by atomic mass is 32.1. The van der Waals surface area contributed by atoms with Gasteiger partial charge in [-0.25, -0.2) is 0 Å². The molecule has 1 atom stereocenters. The van der Waals surface area contributed by atoms with E-state index in [1.165, 1.54) is 10.4 Å². The van der Waals surface area contributed by atoms with Crippen LogP contribution in [0.3, 0.4) is 0 Å². The number of hydrogen-bond acceptors (Lipinski definition) is 4. The van der Waals surface area contributed by atoms with Crippen LogP contribution in [0.4, 0.5) is 5.69 Å². The molecule has 32 heavy (non-hydrogen) atoms. The Morgan fingerprint density at radius 2 is 2.00 bits per heavy atom. The van der Waals surface area contributed by atoms with Crippen molar-refractivity contribution in [3.8, 4) is 23.0 Å². The maximum atomic E-state index is 13.0. The van der Waals surface area contributed by atoms with E-state index in [-0.39, 0.29) is 18.4 Å². The van der Waals surface area contributed by atoms with Crippen LogP contribution in [-0.4, -0.2) is 35.6 Å². The summed E-state index contributed by atoms with van der Waals surface area (Å²) >= 11 is 1.68. The van der Waals surface area contributed by atoms with Crippen molar-refractivity contribution in [3.63, 3.8) is 0 Å². The lowest BCUT2D eigenvalue weighted by atomic mass is 9.96. The van der Waals surface area contributed by atoms with E-state index in [1.807, 2.05) is 23.6 Å². The number of anilines is 1. The quantitative estimate of drug-likeness (QED) is 0.550. The summed E-state index contributed by atoms with van der Waals surface area (Å²) in [5, 5.41) is 14.0. The van der Waals surface area contributed by atoms with Crippen molar-refractivity contribution in [2.45, 2.75) is 26.3 Å². The lowest BCUT2D eigenvalue weighted by Crippen LogP contribution is -2.40. The highest BCUT2D eigenvalue weighted by Gasteiger charge is 2.26. The van der Waals surface area contributed by atoms with Gasteiger partial charge in [0, 0.05) is 34.6 Å². The molecule has 0 radical (unpaired) electrons. The Morgan fingerprint density at radius 3 is 2.81 bits per heavy atom. The molecule has 2 N–H and O–H groups in total. The molecule has 4 rings (SSSR count). The molecule has 1 aliphatic rings. The van der Waals surface area contributed by atoms with Gasteiger partial charge < -0.3 is 10.4 Å². The monoisotopic (exact) mass is 444 g/mol. The Morgan fingerprint density at radius 1 is 1.19 bits per heavy atom. The van der Waals surface area contributed by atoms with Gasteiger partial charge in [-0.2, -0.15) is 0 Å². The second-order valence-electron chi connectivity index (χ2n) is 8.28. The molecule has 0 saturated carbocycles. The van der Waals surface area contributed by atoms with E-state index in [2.05, 4.69) is 65.4 Å². The summed E-state index contributed by atoms with van der Waals surface area (Å²) in [6, 6.07) is 18.6. The SMILES string of the molecule is Cc1cccc(-c2cccc(NC(=O)[C@@H]3CCCN(Cc4cc(C#CCO)cs4)C3)c2)c1. The van der Waals surface area contributed by atoms with E-state index in [0.29, 0.717) is 0 Å². The fraction of sp³-hybridized carbons (Fsp3) is 0.296. The van der Waals surface area contributed by atoms with Crippen LogP contribution in [0.15, 0.2) is 60.0 Å². The van der Waals surface area contributed by atoms with E-state index in [9.17, 15) is 4.79 Å². The first-order chi connectivity index (χ1) is 15.6. The number of carbonyl (C=O) groups is 1. The minimum absolute atomic E-state index is 0.0139. The lowest BCUT2D eigenvalue weighted by molar-refractivity contribution is -0.121. The molecule has 164 valence electrons. The summed E-state index contributed by atoms with van der Waals surface area (Å²) in [4.78, 5) is 16.6. The molecule has 0 unspecified atom stereocenters. The largest absolute Gasteiger partial charge is 0.384 e. The number of rotatable bonds is 5. The van der Waals surface area contributed by atoms with Crippen LogP contribution in [0.1, 0.15) is 28.8 Å². The van der Waals surface area contributed by atoms with Crippen molar-refractivity contribution in [1.29, 1.82) is 0 Å². The summed E-state index contributed by atoms with van der Waals surface area (Å²) in [6.07, 6.45) is 1.93. The lowest BCUT2D eigenvalue weighted by Gasteiger charge is -2.31. The topological polar surface area (TPSA) is 52.6 Å². The van der Waals surface area contributed by atoms with Gasteiger partial charge in [-0.05, 0) is 55.6 Å². The number of likely N-dealkylation sites (tertiary alicyclic amines) is 1. The third-order valence-corrected chi connectivity index (χ3v) is 6.62. The van der Waals surface area contributed by atoms with Gasteiger partial charge in [0.05, 0.1) is 5.92 Å². The van der Waals surface area contributed by atoms with Crippen LogP contribution in [0, 0.1) is 24.7 Å². The predicted molar refractivity (Wildman–Crippen MR) is 132 cm³/mol. The van der Waals surface area contributed by atoms with Gasteiger partial charge in [0.1, 0.15) is 6.61 Å². The molecule has 1 amide bonds. The van der Waals surface area contributed by atoms with Crippen molar-refractivity contribution in [2.75, 3.05) is 25.0 Å². The highest BCUT2D eigenvalue weighted by Crippen LogP contribution is 2.26. The zero-order valence-corrected chi connectivity index (χ0v) is 19.1. The number of thiophene rings is 1. The number of nitrogens with one attached hydrogen (secondary N) is 1. The number of hydrogen-bond donors (Lipinski definition) is 2. The standard InChI is InChI=1S/C27H28N2O2S/c1-20-6-2-8-22(14-20)23-9-3-11-25(16-23)28-27(31)24-10-4-12-29(17-24)18-26-15-21(19-32-26)7-5-13-30/h2-3,6,8-9,11,14-16,19,24,30H,4,10,12-13,17-18H2,1H3,(H,28,31)/t24-/m1/s1. The molecule has 1 fully saturated rings. The van der Waals surface area contributed by atoms with Crippen LogP contribution in [0.2, 0.25) is 0 Å². The molecule has 5 heteroatoms. The fourth-order valence-electron chi connectivity index (χ4n) is 4.15. The van der Waals surface area contributed by atoms with Gasteiger partial charge in [0.25, 0.3) is 0 Å². The number of piperidine rings is 1. The average Bonchev–Trinajstić information content (AvgIpc) is 3.25. The second kappa shape index (κ2) is 10.6.